The summed E-state index contributed by atoms with van der Waals surface area (Å²) in [5.74, 6) is 3.61. The topological polar surface area (TPSA) is 58.3 Å². The van der Waals surface area contributed by atoms with E-state index in [1.54, 1.807) is 11.3 Å². The van der Waals surface area contributed by atoms with E-state index >= 15 is 0 Å². The van der Waals surface area contributed by atoms with Crippen LogP contribution in [0.1, 0.15) is 17.1 Å². The molecule has 2 N–H and O–H groups in total. The van der Waals surface area contributed by atoms with Crippen molar-refractivity contribution in [3.63, 3.8) is 0 Å². The van der Waals surface area contributed by atoms with Crippen LogP contribution in [0.25, 0.3) is 10.8 Å². The number of nitrogens with zero attached hydrogens (tertiary/aromatic N) is 1. The lowest BCUT2D eigenvalue weighted by Gasteiger charge is -2.21. The molecule has 108 valence electrons. The predicted molar refractivity (Wildman–Crippen MR) is 83.2 cm³/mol. The molecule has 3 rings (SSSR count). The van der Waals surface area contributed by atoms with Crippen LogP contribution in [-0.4, -0.2) is 33.7 Å². The van der Waals surface area contributed by atoms with E-state index in [1.807, 2.05) is 37.0 Å². The second-order valence-electron chi connectivity index (χ2n) is 5.17. The highest BCUT2D eigenvalue weighted by Gasteiger charge is 2.31. The molecular formula is C14H18N2O2S2. The standard InChI is InChI=1S/C14H18N2O2S2/c1-10-2-3-12(18-10)13-16-7-11(20-13)6-15-8-14(17)4-5-19-9-14/h2-3,7,15,17H,4-6,8-9H2,1H3. The number of thiazole rings is 1. The minimum Gasteiger partial charge on any atom is -0.459 e. The van der Waals surface area contributed by atoms with Crippen molar-refractivity contribution in [3.05, 3.63) is 29.0 Å². The number of thioether (sulfide) groups is 1. The predicted octanol–water partition coefficient (Wildman–Crippen LogP) is 2.67. The highest BCUT2D eigenvalue weighted by Crippen LogP contribution is 2.28. The molecule has 2 aromatic rings. The Morgan fingerprint density at radius 1 is 1.50 bits per heavy atom. The van der Waals surface area contributed by atoms with Crippen LogP contribution in [0.4, 0.5) is 0 Å². The zero-order valence-electron chi connectivity index (χ0n) is 11.4. The molecule has 1 unspecified atom stereocenters. The summed E-state index contributed by atoms with van der Waals surface area (Å²) < 4.78 is 5.57. The quantitative estimate of drug-likeness (QED) is 0.889. The van der Waals surface area contributed by atoms with Gasteiger partial charge in [0.25, 0.3) is 0 Å². The molecule has 1 atom stereocenters. The second kappa shape index (κ2) is 5.89. The van der Waals surface area contributed by atoms with E-state index in [0.717, 1.165) is 45.9 Å². The molecule has 4 nitrogen and oxygen atoms in total. The second-order valence-corrected chi connectivity index (χ2v) is 7.39. The smallest absolute Gasteiger partial charge is 0.162 e. The SMILES string of the molecule is Cc1ccc(-c2ncc(CNCC3(O)CCSC3)s2)o1. The van der Waals surface area contributed by atoms with Gasteiger partial charge in [-0.2, -0.15) is 11.8 Å². The van der Waals surface area contributed by atoms with E-state index in [9.17, 15) is 5.11 Å². The molecule has 0 spiro atoms. The third-order valence-corrected chi connectivity index (χ3v) is 5.59. The fourth-order valence-electron chi connectivity index (χ4n) is 2.21. The summed E-state index contributed by atoms with van der Waals surface area (Å²) in [6.45, 7) is 3.32. The first kappa shape index (κ1) is 14.1. The Morgan fingerprint density at radius 2 is 2.40 bits per heavy atom. The maximum absolute atomic E-state index is 10.2. The Balaban J connectivity index is 1.55. The third kappa shape index (κ3) is 3.25. The number of aromatic nitrogens is 1. The lowest BCUT2D eigenvalue weighted by Crippen LogP contribution is -2.40. The molecule has 0 aliphatic carbocycles. The number of aliphatic hydroxyl groups is 1. The van der Waals surface area contributed by atoms with Gasteiger partial charge < -0.3 is 14.8 Å². The lowest BCUT2D eigenvalue weighted by molar-refractivity contribution is 0.0675. The van der Waals surface area contributed by atoms with E-state index in [4.69, 9.17) is 4.42 Å². The Morgan fingerprint density at radius 3 is 3.10 bits per heavy atom. The van der Waals surface area contributed by atoms with Gasteiger partial charge in [-0.1, -0.05) is 0 Å². The van der Waals surface area contributed by atoms with Crippen molar-refractivity contribution >= 4 is 23.1 Å². The van der Waals surface area contributed by atoms with Gasteiger partial charge in [-0.15, -0.1) is 11.3 Å². The average molecular weight is 310 g/mol. The van der Waals surface area contributed by atoms with Crippen LogP contribution in [-0.2, 0) is 6.54 Å². The molecule has 0 amide bonds. The maximum Gasteiger partial charge on any atom is 0.162 e. The summed E-state index contributed by atoms with van der Waals surface area (Å²) in [4.78, 5) is 5.54. The minimum atomic E-state index is -0.531. The van der Waals surface area contributed by atoms with E-state index in [-0.39, 0.29) is 0 Å². The average Bonchev–Trinajstić information content (AvgIpc) is 3.11. The summed E-state index contributed by atoms with van der Waals surface area (Å²) >= 11 is 3.45. The summed E-state index contributed by atoms with van der Waals surface area (Å²) in [5.41, 5.74) is -0.531. The van der Waals surface area contributed by atoms with Crippen molar-refractivity contribution in [1.29, 1.82) is 0 Å². The Kier molecular flexibility index (Phi) is 4.16. The molecule has 1 aliphatic rings. The van der Waals surface area contributed by atoms with Gasteiger partial charge in [0.15, 0.2) is 10.8 Å². The van der Waals surface area contributed by atoms with Gasteiger partial charge in [-0.3, -0.25) is 0 Å². The molecule has 1 saturated heterocycles. The van der Waals surface area contributed by atoms with Crippen molar-refractivity contribution in [1.82, 2.24) is 10.3 Å². The van der Waals surface area contributed by atoms with Gasteiger partial charge >= 0.3 is 0 Å². The van der Waals surface area contributed by atoms with E-state index < -0.39 is 5.60 Å². The molecule has 3 heterocycles. The molecule has 0 radical (unpaired) electrons. The van der Waals surface area contributed by atoms with E-state index in [0.29, 0.717) is 6.54 Å². The fourth-order valence-corrected chi connectivity index (χ4v) is 4.35. The van der Waals surface area contributed by atoms with Crippen LogP contribution in [0.3, 0.4) is 0 Å². The molecule has 0 saturated carbocycles. The van der Waals surface area contributed by atoms with Gasteiger partial charge in [-0.05, 0) is 31.2 Å². The van der Waals surface area contributed by atoms with Crippen LogP contribution in [0.15, 0.2) is 22.7 Å². The third-order valence-electron chi connectivity index (χ3n) is 3.34. The summed E-state index contributed by atoms with van der Waals surface area (Å²) in [6, 6.07) is 3.89. The van der Waals surface area contributed by atoms with Crippen LogP contribution >= 0.6 is 23.1 Å². The van der Waals surface area contributed by atoms with Crippen molar-refractivity contribution in [2.24, 2.45) is 0 Å². The normalized spacial score (nSPS) is 22.5. The molecule has 2 aromatic heterocycles. The number of rotatable bonds is 5. The van der Waals surface area contributed by atoms with Crippen molar-refractivity contribution in [3.8, 4) is 10.8 Å². The number of hydrogen-bond donors (Lipinski definition) is 2. The highest BCUT2D eigenvalue weighted by molar-refractivity contribution is 7.99. The summed E-state index contributed by atoms with van der Waals surface area (Å²) in [7, 11) is 0. The van der Waals surface area contributed by atoms with Gasteiger partial charge in [0.2, 0.25) is 0 Å². The van der Waals surface area contributed by atoms with E-state index in [1.165, 1.54) is 0 Å². The molecule has 20 heavy (non-hydrogen) atoms. The lowest BCUT2D eigenvalue weighted by atomic mass is 10.0. The van der Waals surface area contributed by atoms with E-state index in [2.05, 4.69) is 10.3 Å². The summed E-state index contributed by atoms with van der Waals surface area (Å²) in [6.07, 6.45) is 2.75. The number of furan rings is 1. The first-order chi connectivity index (χ1) is 9.65. The minimum absolute atomic E-state index is 0.531. The van der Waals surface area contributed by atoms with Crippen LogP contribution < -0.4 is 5.32 Å². The number of hydrogen-bond acceptors (Lipinski definition) is 6. The molecular weight excluding hydrogens is 292 g/mol. The molecule has 1 fully saturated rings. The largest absolute Gasteiger partial charge is 0.459 e. The van der Waals surface area contributed by atoms with Gasteiger partial charge in [-0.25, -0.2) is 4.98 Å². The van der Waals surface area contributed by atoms with Gasteiger partial charge in [0.1, 0.15) is 5.76 Å². The van der Waals surface area contributed by atoms with Gasteiger partial charge in [0, 0.05) is 29.9 Å². The molecule has 6 heteroatoms. The monoisotopic (exact) mass is 310 g/mol. The number of aryl methyl sites for hydroxylation is 1. The highest BCUT2D eigenvalue weighted by atomic mass is 32.2. The Hall–Kier alpha value is -0.820. The molecule has 0 bridgehead atoms. The Bertz CT molecular complexity index is 573. The van der Waals surface area contributed by atoms with Crippen molar-refractivity contribution < 1.29 is 9.52 Å². The molecule has 0 aromatic carbocycles. The zero-order chi connectivity index (χ0) is 14.0. The fraction of sp³-hybridized carbons (Fsp3) is 0.500. The Labute approximate surface area is 126 Å². The molecule has 1 aliphatic heterocycles. The van der Waals surface area contributed by atoms with Crippen LogP contribution in [0.2, 0.25) is 0 Å². The zero-order valence-corrected chi connectivity index (χ0v) is 13.0. The first-order valence-corrected chi connectivity index (χ1v) is 8.64. The number of nitrogens with one attached hydrogen (secondary N) is 1. The first-order valence-electron chi connectivity index (χ1n) is 6.67. The van der Waals surface area contributed by atoms with Crippen LogP contribution in [0, 0.1) is 6.92 Å². The maximum atomic E-state index is 10.2. The van der Waals surface area contributed by atoms with Crippen molar-refractivity contribution in [2.75, 3.05) is 18.1 Å². The van der Waals surface area contributed by atoms with Crippen molar-refractivity contribution in [2.45, 2.75) is 25.5 Å². The van der Waals surface area contributed by atoms with Crippen LogP contribution in [0.5, 0.6) is 0 Å². The van der Waals surface area contributed by atoms with Gasteiger partial charge in [0.05, 0.1) is 5.60 Å². The summed E-state index contributed by atoms with van der Waals surface area (Å²) in [5, 5.41) is 14.5.